The molecule has 0 saturated heterocycles. The maximum atomic E-state index is 12.1. The van der Waals surface area contributed by atoms with Crippen LogP contribution in [0.15, 0.2) is 59.4 Å². The minimum absolute atomic E-state index is 0.0437. The molecule has 126 valence electrons. The molecule has 0 radical (unpaired) electrons. The highest BCUT2D eigenvalue weighted by Gasteiger charge is 2.10. The molecule has 0 saturated carbocycles. The molecule has 0 N–H and O–H groups in total. The van der Waals surface area contributed by atoms with Crippen molar-refractivity contribution in [2.45, 2.75) is 6.54 Å². The van der Waals surface area contributed by atoms with Crippen LogP contribution in [-0.4, -0.2) is 14.7 Å². The lowest BCUT2D eigenvalue weighted by atomic mass is 10.1. The van der Waals surface area contributed by atoms with Crippen LogP contribution in [0.2, 0.25) is 10.0 Å². The molecule has 0 aliphatic heterocycles. The number of non-ortho nitro benzene ring substituents is 1. The van der Waals surface area contributed by atoms with Crippen molar-refractivity contribution in [1.29, 1.82) is 0 Å². The van der Waals surface area contributed by atoms with E-state index in [9.17, 15) is 14.9 Å². The summed E-state index contributed by atoms with van der Waals surface area (Å²) in [6, 6.07) is 14.0. The third-order valence-corrected chi connectivity index (χ3v) is 4.14. The normalized spacial score (nSPS) is 10.6. The van der Waals surface area contributed by atoms with Gasteiger partial charge in [0.2, 0.25) is 0 Å². The van der Waals surface area contributed by atoms with Crippen LogP contribution < -0.4 is 5.56 Å². The van der Waals surface area contributed by atoms with Crippen LogP contribution in [0.25, 0.3) is 11.3 Å². The summed E-state index contributed by atoms with van der Waals surface area (Å²) >= 11 is 12.0. The highest BCUT2D eigenvalue weighted by atomic mass is 35.5. The SMILES string of the molecule is O=c1ccc(-c2cccc([N+](=O)[O-])c2)nn1Cc1ccc(Cl)cc1Cl. The third-order valence-electron chi connectivity index (χ3n) is 3.55. The van der Waals surface area contributed by atoms with E-state index in [1.807, 2.05) is 0 Å². The maximum absolute atomic E-state index is 12.1. The molecule has 0 bridgehead atoms. The molecule has 0 unspecified atom stereocenters. The number of hydrogen-bond acceptors (Lipinski definition) is 4. The zero-order valence-corrected chi connectivity index (χ0v) is 14.2. The zero-order valence-electron chi connectivity index (χ0n) is 12.7. The quantitative estimate of drug-likeness (QED) is 0.506. The van der Waals surface area contributed by atoms with Crippen molar-refractivity contribution in [2.24, 2.45) is 0 Å². The lowest BCUT2D eigenvalue weighted by Crippen LogP contribution is -2.23. The Bertz CT molecular complexity index is 1020. The van der Waals surface area contributed by atoms with E-state index in [4.69, 9.17) is 23.2 Å². The van der Waals surface area contributed by atoms with Gasteiger partial charge < -0.3 is 0 Å². The van der Waals surface area contributed by atoms with Gasteiger partial charge in [0.05, 0.1) is 17.2 Å². The van der Waals surface area contributed by atoms with E-state index in [1.54, 1.807) is 30.3 Å². The maximum Gasteiger partial charge on any atom is 0.270 e. The Morgan fingerprint density at radius 2 is 1.88 bits per heavy atom. The van der Waals surface area contributed by atoms with E-state index >= 15 is 0 Å². The van der Waals surface area contributed by atoms with E-state index in [0.717, 1.165) is 0 Å². The summed E-state index contributed by atoms with van der Waals surface area (Å²) in [5.41, 5.74) is 1.34. The predicted octanol–water partition coefficient (Wildman–Crippen LogP) is 4.17. The largest absolute Gasteiger partial charge is 0.270 e. The predicted molar refractivity (Wildman–Crippen MR) is 96.2 cm³/mol. The first kappa shape index (κ1) is 17.1. The number of aromatic nitrogens is 2. The van der Waals surface area contributed by atoms with Gasteiger partial charge in [-0.15, -0.1) is 0 Å². The Hall–Kier alpha value is -2.70. The van der Waals surface area contributed by atoms with Gasteiger partial charge >= 0.3 is 0 Å². The lowest BCUT2D eigenvalue weighted by Gasteiger charge is -2.09. The number of halogens is 2. The third kappa shape index (κ3) is 3.87. The molecule has 1 aromatic heterocycles. The van der Waals surface area contributed by atoms with Crippen molar-refractivity contribution in [1.82, 2.24) is 9.78 Å². The molecule has 8 heteroatoms. The molecular weight excluding hydrogens is 365 g/mol. The molecular formula is C17H11Cl2N3O3. The van der Waals surface area contributed by atoms with Gasteiger partial charge in [-0.05, 0) is 23.8 Å². The number of nitrogens with zero attached hydrogens (tertiary/aromatic N) is 3. The molecule has 0 aliphatic rings. The summed E-state index contributed by atoms with van der Waals surface area (Å²) in [4.78, 5) is 22.5. The average Bonchev–Trinajstić information content (AvgIpc) is 2.59. The fraction of sp³-hybridized carbons (Fsp3) is 0.0588. The van der Waals surface area contributed by atoms with Crippen LogP contribution in [0.3, 0.4) is 0 Å². The Balaban J connectivity index is 2.00. The van der Waals surface area contributed by atoms with E-state index in [1.165, 1.54) is 28.9 Å². The van der Waals surface area contributed by atoms with Gasteiger partial charge in [0.15, 0.2) is 0 Å². The highest BCUT2D eigenvalue weighted by Crippen LogP contribution is 2.23. The monoisotopic (exact) mass is 375 g/mol. The van der Waals surface area contributed by atoms with Crippen molar-refractivity contribution in [3.8, 4) is 11.3 Å². The molecule has 3 rings (SSSR count). The lowest BCUT2D eigenvalue weighted by molar-refractivity contribution is -0.384. The van der Waals surface area contributed by atoms with Gasteiger partial charge in [0, 0.05) is 33.8 Å². The fourth-order valence-electron chi connectivity index (χ4n) is 2.31. The molecule has 0 spiro atoms. The highest BCUT2D eigenvalue weighted by molar-refractivity contribution is 6.35. The number of rotatable bonds is 4. The van der Waals surface area contributed by atoms with Crippen molar-refractivity contribution >= 4 is 28.9 Å². The van der Waals surface area contributed by atoms with Crippen molar-refractivity contribution in [3.63, 3.8) is 0 Å². The molecule has 6 nitrogen and oxygen atoms in total. The minimum atomic E-state index is -0.479. The van der Waals surface area contributed by atoms with Gasteiger partial charge in [-0.25, -0.2) is 4.68 Å². The van der Waals surface area contributed by atoms with Gasteiger partial charge in [0.1, 0.15) is 0 Å². The fourth-order valence-corrected chi connectivity index (χ4v) is 2.77. The molecule has 3 aromatic rings. The first-order valence-electron chi connectivity index (χ1n) is 7.21. The Kier molecular flexibility index (Phi) is 4.83. The number of nitro groups is 1. The Morgan fingerprint density at radius 1 is 1.08 bits per heavy atom. The van der Waals surface area contributed by atoms with E-state index < -0.39 is 4.92 Å². The van der Waals surface area contributed by atoms with Crippen LogP contribution in [0.4, 0.5) is 5.69 Å². The van der Waals surface area contributed by atoms with Gasteiger partial charge in [-0.3, -0.25) is 14.9 Å². The summed E-state index contributed by atoms with van der Waals surface area (Å²) in [6.07, 6.45) is 0. The smallest absolute Gasteiger partial charge is 0.268 e. The second-order valence-electron chi connectivity index (χ2n) is 5.26. The topological polar surface area (TPSA) is 78.0 Å². The summed E-state index contributed by atoms with van der Waals surface area (Å²) in [6.45, 7) is 0.164. The molecule has 1 heterocycles. The first-order valence-corrected chi connectivity index (χ1v) is 7.96. The molecule has 25 heavy (non-hydrogen) atoms. The van der Waals surface area contributed by atoms with E-state index in [0.29, 0.717) is 26.9 Å². The second-order valence-corrected chi connectivity index (χ2v) is 6.10. The number of benzene rings is 2. The minimum Gasteiger partial charge on any atom is -0.268 e. The van der Waals surface area contributed by atoms with Gasteiger partial charge in [0.25, 0.3) is 11.2 Å². The molecule has 2 aromatic carbocycles. The van der Waals surface area contributed by atoms with Crippen LogP contribution in [0, 0.1) is 10.1 Å². The summed E-state index contributed by atoms with van der Waals surface area (Å²) in [5, 5.41) is 16.1. The summed E-state index contributed by atoms with van der Waals surface area (Å²) in [5.74, 6) is 0. The zero-order chi connectivity index (χ0) is 18.0. The van der Waals surface area contributed by atoms with Crippen LogP contribution in [0.1, 0.15) is 5.56 Å². The van der Waals surface area contributed by atoms with Crippen LogP contribution in [0.5, 0.6) is 0 Å². The van der Waals surface area contributed by atoms with Crippen molar-refractivity contribution < 1.29 is 4.92 Å². The Morgan fingerprint density at radius 3 is 2.60 bits per heavy atom. The summed E-state index contributed by atoms with van der Waals surface area (Å²) < 4.78 is 1.25. The van der Waals surface area contributed by atoms with Crippen LogP contribution in [-0.2, 0) is 6.54 Å². The van der Waals surface area contributed by atoms with Gasteiger partial charge in [-0.1, -0.05) is 41.4 Å². The number of nitro benzene ring substituents is 1. The standard InChI is InChI=1S/C17H11Cl2N3O3/c18-13-5-4-12(15(19)9-13)10-21-17(23)7-6-16(20-21)11-2-1-3-14(8-11)22(24)25/h1-9H,10H2. The van der Waals surface area contributed by atoms with E-state index in [-0.39, 0.29) is 17.8 Å². The summed E-state index contributed by atoms with van der Waals surface area (Å²) in [7, 11) is 0. The molecule has 0 aliphatic carbocycles. The molecule has 0 atom stereocenters. The number of hydrogen-bond donors (Lipinski definition) is 0. The second kappa shape index (κ2) is 7.04. The molecule has 0 amide bonds. The van der Waals surface area contributed by atoms with Gasteiger partial charge in [-0.2, -0.15) is 5.10 Å². The Labute approximate surface area is 152 Å². The first-order chi connectivity index (χ1) is 11.9. The van der Waals surface area contributed by atoms with Crippen LogP contribution >= 0.6 is 23.2 Å². The van der Waals surface area contributed by atoms with Crippen molar-refractivity contribution in [2.75, 3.05) is 0 Å². The van der Waals surface area contributed by atoms with E-state index in [2.05, 4.69) is 5.10 Å². The average molecular weight is 376 g/mol. The van der Waals surface area contributed by atoms with Crippen molar-refractivity contribution in [3.05, 3.63) is 90.7 Å². The molecule has 0 fully saturated rings.